The third-order valence-corrected chi connectivity index (χ3v) is 11.9. The highest BCUT2D eigenvalue weighted by atomic mass is 15.0. The summed E-state index contributed by atoms with van der Waals surface area (Å²) in [6.45, 7) is 14.4. The van der Waals surface area contributed by atoms with Gasteiger partial charge in [-0.1, -0.05) is 108 Å². The van der Waals surface area contributed by atoms with Crippen LogP contribution in [0.4, 0.5) is 34.1 Å². The van der Waals surface area contributed by atoms with E-state index in [2.05, 4.69) is 144 Å². The van der Waals surface area contributed by atoms with Gasteiger partial charge in [0.25, 0.3) is 0 Å². The standard InChI is InChI=1S/C52H62N8.C2H6/c1-36-31-41(25-26-43(36)53)57-46-28-27-45(39(4)52(46)58-40-21-15-13-16-22-40)55-29-19-11-9-7-5-6-8-10-12-20-30-56-47-35-51-49(33-38(47)3)59-48-32-37(2)44(54)34-50(48)60(51)42-23-17-14-18-24-42;1-2/h13-18,21-24,26-28,31-35,55,58H,5-12,19-20,25,29-30,53H2,1-4H3,(H2,54,56);1-2H3/p+2. The first-order valence-electron chi connectivity index (χ1n) is 23.1. The molecule has 0 bridgehead atoms. The molecule has 7 rings (SSSR count). The van der Waals surface area contributed by atoms with Crippen LogP contribution in [0.25, 0.3) is 27.8 Å². The Morgan fingerprint density at radius 2 is 1.21 bits per heavy atom. The lowest BCUT2D eigenvalue weighted by Crippen LogP contribution is -2.71. The maximum atomic E-state index is 6.40. The van der Waals surface area contributed by atoms with E-state index >= 15 is 0 Å². The van der Waals surface area contributed by atoms with Crippen molar-refractivity contribution in [2.75, 3.05) is 29.5 Å². The number of nitrogens with one attached hydrogen (secondary N) is 2. The molecular formula is C54H70N8+2. The number of nitrogens with two attached hydrogens (primary N) is 3. The number of allylic oxidation sites excluding steroid dienone is 3. The first kappa shape index (κ1) is 45.5. The van der Waals surface area contributed by atoms with Gasteiger partial charge in [-0.15, -0.1) is 4.57 Å². The Balaban J connectivity index is 0.00000316. The van der Waals surface area contributed by atoms with Gasteiger partial charge in [-0.2, -0.15) is 0 Å². The Bertz CT molecular complexity index is 2500. The van der Waals surface area contributed by atoms with Crippen molar-refractivity contribution in [3.63, 3.8) is 0 Å². The van der Waals surface area contributed by atoms with Crippen molar-refractivity contribution in [2.24, 2.45) is 10.7 Å². The van der Waals surface area contributed by atoms with E-state index in [-0.39, 0.29) is 0 Å². The van der Waals surface area contributed by atoms with Crippen LogP contribution in [0, 0.1) is 20.8 Å². The minimum Gasteiger partial charge on any atom is -0.399 e. The molecule has 8 heteroatoms. The lowest BCUT2D eigenvalue weighted by Gasteiger charge is -2.15. The number of nitrogens with zero attached hydrogens (tertiary/aromatic N) is 3. The summed E-state index contributed by atoms with van der Waals surface area (Å²) >= 11 is 0. The number of fused-ring (bicyclic) bond motifs is 2. The molecule has 1 heterocycles. The highest BCUT2D eigenvalue weighted by Crippen LogP contribution is 2.33. The lowest BCUT2D eigenvalue weighted by atomic mass is 10.0. The summed E-state index contributed by atoms with van der Waals surface area (Å²) in [5, 5.41) is 9.74. The largest absolute Gasteiger partial charge is 0.399 e. The third-order valence-electron chi connectivity index (χ3n) is 11.9. The number of benzene rings is 5. The molecule has 6 aromatic rings. The van der Waals surface area contributed by atoms with Gasteiger partial charge in [0.1, 0.15) is 22.4 Å². The molecule has 0 atom stereocenters. The van der Waals surface area contributed by atoms with E-state index in [1.54, 1.807) is 0 Å². The van der Waals surface area contributed by atoms with Crippen LogP contribution in [0.3, 0.4) is 0 Å². The molecule has 0 radical (unpaired) electrons. The molecule has 0 aliphatic heterocycles. The fourth-order valence-corrected chi connectivity index (χ4v) is 8.23. The summed E-state index contributed by atoms with van der Waals surface area (Å²) in [4.78, 5) is 10.2. The van der Waals surface area contributed by atoms with Gasteiger partial charge in [-0.05, 0) is 99.7 Å². The van der Waals surface area contributed by atoms with Crippen LogP contribution in [0.1, 0.15) is 108 Å². The zero-order valence-corrected chi connectivity index (χ0v) is 38.2. The van der Waals surface area contributed by atoms with Crippen molar-refractivity contribution in [1.82, 2.24) is 4.98 Å². The van der Waals surface area contributed by atoms with E-state index in [0.29, 0.717) is 0 Å². The van der Waals surface area contributed by atoms with E-state index in [4.69, 9.17) is 21.4 Å². The molecule has 0 saturated carbocycles. The summed E-state index contributed by atoms with van der Waals surface area (Å²) in [5.41, 5.74) is 30.5. The molecule has 1 aliphatic rings. The maximum Gasteiger partial charge on any atom is 0.239 e. The first-order valence-corrected chi connectivity index (χ1v) is 23.1. The normalized spacial score (nSPS) is 13.2. The summed E-state index contributed by atoms with van der Waals surface area (Å²) in [7, 11) is 0. The van der Waals surface area contributed by atoms with Gasteiger partial charge in [0.2, 0.25) is 16.7 Å². The SMILES string of the molecule is CC.CC1=CC(=Nc2ccc(NCCCCCCCCCCCCNc3cc4c(cc3C)nc3cc(C)c(N)cc3[n+]4-c3ccccc3)c(C)c2[NH2+]c2ccccc2)CC=C1N. The van der Waals surface area contributed by atoms with Crippen molar-refractivity contribution in [3.05, 3.63) is 137 Å². The van der Waals surface area contributed by atoms with Gasteiger partial charge >= 0.3 is 0 Å². The molecule has 0 amide bonds. The lowest BCUT2D eigenvalue weighted by molar-refractivity contribution is -0.538. The number of unbranched alkanes of at least 4 members (excludes halogenated alkanes) is 9. The Hall–Kier alpha value is -5.99. The number of anilines is 3. The summed E-state index contributed by atoms with van der Waals surface area (Å²) < 4.78 is 2.29. The number of nitrogen functional groups attached to an aromatic ring is 1. The minimum absolute atomic E-state index is 0.752. The molecule has 8 nitrogen and oxygen atoms in total. The van der Waals surface area contributed by atoms with Crippen LogP contribution in [0.5, 0.6) is 0 Å². The predicted octanol–water partition coefficient (Wildman–Crippen LogP) is 12.4. The van der Waals surface area contributed by atoms with E-state index in [1.807, 2.05) is 27.7 Å². The number of aryl methyl sites for hydroxylation is 2. The summed E-state index contributed by atoms with van der Waals surface area (Å²) in [6.07, 6.45) is 17.7. The van der Waals surface area contributed by atoms with E-state index in [0.717, 1.165) is 86.9 Å². The van der Waals surface area contributed by atoms with Gasteiger partial charge in [0.05, 0.1) is 0 Å². The predicted molar refractivity (Wildman–Crippen MR) is 266 cm³/mol. The second-order valence-corrected chi connectivity index (χ2v) is 16.5. The molecule has 5 aromatic carbocycles. The Kier molecular flexibility index (Phi) is 16.7. The van der Waals surface area contributed by atoms with Crippen molar-refractivity contribution in [1.29, 1.82) is 0 Å². The van der Waals surface area contributed by atoms with Crippen LogP contribution in [-0.4, -0.2) is 23.8 Å². The van der Waals surface area contributed by atoms with Gasteiger partial charge in [0.15, 0.2) is 5.69 Å². The molecule has 324 valence electrons. The quantitative estimate of drug-likeness (QED) is 0.0241. The molecule has 0 fully saturated rings. The average molecular weight is 831 g/mol. The summed E-state index contributed by atoms with van der Waals surface area (Å²) in [6, 6.07) is 34.0. The van der Waals surface area contributed by atoms with Crippen LogP contribution < -0.4 is 32.0 Å². The van der Waals surface area contributed by atoms with Gasteiger partial charge in [0, 0.05) is 77.8 Å². The van der Waals surface area contributed by atoms with Crippen LogP contribution in [0.2, 0.25) is 0 Å². The number of aromatic nitrogens is 2. The van der Waals surface area contributed by atoms with E-state index in [1.165, 1.54) is 92.4 Å². The fourth-order valence-electron chi connectivity index (χ4n) is 8.23. The third kappa shape index (κ3) is 11.9. The highest BCUT2D eigenvalue weighted by molar-refractivity contribution is 6.00. The summed E-state index contributed by atoms with van der Waals surface area (Å²) in [5.74, 6) is 0. The Morgan fingerprint density at radius 3 is 1.84 bits per heavy atom. The van der Waals surface area contributed by atoms with Gasteiger partial charge in [-0.25, -0.2) is 9.98 Å². The molecule has 8 N–H and O–H groups in total. The van der Waals surface area contributed by atoms with Crippen LogP contribution >= 0.6 is 0 Å². The van der Waals surface area contributed by atoms with Crippen molar-refractivity contribution >= 4 is 61.9 Å². The minimum atomic E-state index is 0.752. The second kappa shape index (κ2) is 22.7. The molecule has 1 aliphatic carbocycles. The first-order chi connectivity index (χ1) is 30.2. The number of hydrogen-bond donors (Lipinski definition) is 5. The van der Waals surface area contributed by atoms with Crippen LogP contribution in [0.15, 0.2) is 125 Å². The molecular weight excluding hydrogens is 761 g/mol. The van der Waals surface area contributed by atoms with Gasteiger partial charge < -0.3 is 22.1 Å². The molecule has 0 saturated heterocycles. The number of para-hydroxylation sites is 2. The zero-order valence-electron chi connectivity index (χ0n) is 38.2. The number of rotatable bonds is 19. The molecule has 62 heavy (non-hydrogen) atoms. The van der Waals surface area contributed by atoms with Gasteiger partial charge in [-0.3, -0.25) is 5.32 Å². The number of quaternary nitrogens is 1. The van der Waals surface area contributed by atoms with Crippen molar-refractivity contribution in [3.8, 4) is 5.69 Å². The molecule has 1 aromatic heterocycles. The smallest absolute Gasteiger partial charge is 0.239 e. The van der Waals surface area contributed by atoms with E-state index in [9.17, 15) is 0 Å². The van der Waals surface area contributed by atoms with Crippen LogP contribution in [-0.2, 0) is 0 Å². The number of aliphatic imine (C=N–C) groups is 1. The number of hydrogen-bond acceptors (Lipinski definition) is 6. The maximum absolute atomic E-state index is 6.40. The topological polar surface area (TPSA) is 122 Å². The monoisotopic (exact) mass is 831 g/mol. The van der Waals surface area contributed by atoms with E-state index < -0.39 is 0 Å². The Labute approximate surface area is 370 Å². The van der Waals surface area contributed by atoms with Crippen molar-refractivity contribution in [2.45, 2.75) is 112 Å². The highest BCUT2D eigenvalue weighted by Gasteiger charge is 2.22. The fraction of sp³-hybridized carbons (Fsp3) is 0.352. The Morgan fingerprint density at radius 1 is 0.645 bits per heavy atom. The molecule has 0 unspecified atom stereocenters. The average Bonchev–Trinajstić information content (AvgIpc) is 3.28. The molecule has 0 spiro atoms. The second-order valence-electron chi connectivity index (χ2n) is 16.5. The van der Waals surface area contributed by atoms with Crippen molar-refractivity contribution < 1.29 is 9.88 Å². The zero-order chi connectivity index (χ0) is 43.8.